The second-order valence-electron chi connectivity index (χ2n) is 11.1. The number of halogens is 1. The van der Waals surface area contributed by atoms with Crippen molar-refractivity contribution >= 4 is 43.5 Å². The van der Waals surface area contributed by atoms with Gasteiger partial charge in [-0.25, -0.2) is 8.42 Å². The highest BCUT2D eigenvalue weighted by Gasteiger charge is 2.34. The van der Waals surface area contributed by atoms with E-state index in [1.165, 1.54) is 17.0 Å². The van der Waals surface area contributed by atoms with Crippen LogP contribution in [0.15, 0.2) is 112 Å². The van der Waals surface area contributed by atoms with Crippen LogP contribution in [0.5, 0.6) is 0 Å². The lowest BCUT2D eigenvalue weighted by Gasteiger charge is -2.34. The number of carbonyl (C=O) groups is 2. The average Bonchev–Trinajstić information content (AvgIpc) is 3.03. The Morgan fingerprint density at radius 1 is 0.822 bits per heavy atom. The van der Waals surface area contributed by atoms with Gasteiger partial charge in [-0.3, -0.25) is 13.9 Å². The Bertz CT molecular complexity index is 1700. The second kappa shape index (κ2) is 15.9. The number of anilines is 1. The average molecular weight is 691 g/mol. The van der Waals surface area contributed by atoms with Gasteiger partial charge in [0.2, 0.25) is 11.8 Å². The number of unbranched alkanes of at least 4 members (excludes halogenated alkanes) is 1. The van der Waals surface area contributed by atoms with Crippen LogP contribution in [0, 0.1) is 13.8 Å². The maximum atomic E-state index is 14.5. The fourth-order valence-corrected chi connectivity index (χ4v) is 6.90. The zero-order valence-electron chi connectivity index (χ0n) is 25.9. The standard InChI is InChI=1S/C36H40BrN3O4S/c1-4-5-21-38-36(42)34(24-29-13-8-6-9-14-29)39(25-30-15-12-16-31(37)23-30)35(41)26-40(32-20-19-27(2)28(3)22-32)45(43,44)33-17-10-7-11-18-33/h6-20,22-23,34H,4-5,21,24-26H2,1-3H3,(H,38,42)/t34-/m1/s1. The third kappa shape index (κ3) is 9.05. The highest BCUT2D eigenvalue weighted by molar-refractivity contribution is 9.10. The third-order valence-electron chi connectivity index (χ3n) is 7.73. The van der Waals surface area contributed by atoms with Gasteiger partial charge in [0.1, 0.15) is 12.6 Å². The largest absolute Gasteiger partial charge is 0.354 e. The van der Waals surface area contributed by atoms with Crippen molar-refractivity contribution in [1.29, 1.82) is 0 Å². The molecule has 0 bridgehead atoms. The summed E-state index contributed by atoms with van der Waals surface area (Å²) in [7, 11) is -4.14. The smallest absolute Gasteiger partial charge is 0.264 e. The first-order valence-electron chi connectivity index (χ1n) is 15.1. The molecule has 236 valence electrons. The van der Waals surface area contributed by atoms with Gasteiger partial charge in [-0.2, -0.15) is 0 Å². The molecule has 7 nitrogen and oxygen atoms in total. The van der Waals surface area contributed by atoms with Crippen LogP contribution in [-0.4, -0.2) is 44.3 Å². The molecule has 0 spiro atoms. The summed E-state index contributed by atoms with van der Waals surface area (Å²) in [4.78, 5) is 30.0. The molecule has 4 aromatic rings. The van der Waals surface area contributed by atoms with Crippen molar-refractivity contribution < 1.29 is 18.0 Å². The van der Waals surface area contributed by atoms with E-state index in [0.29, 0.717) is 12.2 Å². The summed E-state index contributed by atoms with van der Waals surface area (Å²) in [6.45, 7) is 6.02. The lowest BCUT2D eigenvalue weighted by molar-refractivity contribution is -0.140. The number of sulfonamides is 1. The van der Waals surface area contributed by atoms with Crippen LogP contribution in [0.3, 0.4) is 0 Å². The molecule has 0 aliphatic carbocycles. The Morgan fingerprint density at radius 3 is 2.13 bits per heavy atom. The number of hydrogen-bond donors (Lipinski definition) is 1. The molecule has 0 radical (unpaired) electrons. The van der Waals surface area contributed by atoms with Crippen molar-refractivity contribution in [3.05, 3.63) is 130 Å². The summed E-state index contributed by atoms with van der Waals surface area (Å²) in [5.41, 5.74) is 3.98. The van der Waals surface area contributed by atoms with E-state index in [9.17, 15) is 18.0 Å². The first-order valence-corrected chi connectivity index (χ1v) is 17.3. The Kier molecular flexibility index (Phi) is 12.0. The highest BCUT2D eigenvalue weighted by Crippen LogP contribution is 2.27. The van der Waals surface area contributed by atoms with Crippen molar-refractivity contribution in [2.24, 2.45) is 0 Å². The van der Waals surface area contributed by atoms with Gasteiger partial charge in [0.25, 0.3) is 10.0 Å². The minimum Gasteiger partial charge on any atom is -0.354 e. The number of nitrogens with one attached hydrogen (secondary N) is 1. The molecule has 9 heteroatoms. The van der Waals surface area contributed by atoms with E-state index in [1.54, 1.807) is 30.3 Å². The van der Waals surface area contributed by atoms with Crippen LogP contribution < -0.4 is 9.62 Å². The Hall–Kier alpha value is -3.95. The van der Waals surface area contributed by atoms with Crippen LogP contribution in [0.1, 0.15) is 42.0 Å². The van der Waals surface area contributed by atoms with Gasteiger partial charge in [-0.1, -0.05) is 96.0 Å². The predicted octanol–water partition coefficient (Wildman–Crippen LogP) is 6.82. The molecule has 0 fully saturated rings. The highest BCUT2D eigenvalue weighted by atomic mass is 79.9. The Morgan fingerprint density at radius 2 is 1.49 bits per heavy atom. The van der Waals surface area contributed by atoms with Crippen molar-refractivity contribution in [3.8, 4) is 0 Å². The van der Waals surface area contributed by atoms with Crippen LogP contribution >= 0.6 is 15.9 Å². The number of benzene rings is 4. The van der Waals surface area contributed by atoms with Crippen molar-refractivity contribution in [2.75, 3.05) is 17.4 Å². The minimum atomic E-state index is -4.14. The molecule has 0 saturated heterocycles. The van der Waals surface area contributed by atoms with Crippen LogP contribution in [-0.2, 0) is 32.6 Å². The van der Waals surface area contributed by atoms with Gasteiger partial charge in [0.05, 0.1) is 10.6 Å². The van der Waals surface area contributed by atoms with E-state index in [0.717, 1.165) is 43.9 Å². The molecular weight excluding hydrogens is 650 g/mol. The maximum absolute atomic E-state index is 14.5. The molecular formula is C36H40BrN3O4S. The monoisotopic (exact) mass is 689 g/mol. The molecule has 1 N–H and O–H groups in total. The van der Waals surface area contributed by atoms with E-state index in [4.69, 9.17) is 0 Å². The number of amides is 2. The number of rotatable bonds is 14. The molecule has 0 heterocycles. The van der Waals surface area contributed by atoms with E-state index < -0.39 is 28.5 Å². The van der Waals surface area contributed by atoms with E-state index in [2.05, 4.69) is 21.2 Å². The molecule has 0 aliphatic rings. The summed E-state index contributed by atoms with van der Waals surface area (Å²) in [5, 5.41) is 3.02. The molecule has 0 aromatic heterocycles. The van der Waals surface area contributed by atoms with Gasteiger partial charge < -0.3 is 10.2 Å². The number of aryl methyl sites for hydroxylation is 2. The van der Waals surface area contributed by atoms with Crippen LogP contribution in [0.4, 0.5) is 5.69 Å². The van der Waals surface area contributed by atoms with E-state index in [-0.39, 0.29) is 23.8 Å². The second-order valence-corrected chi connectivity index (χ2v) is 13.9. The van der Waals surface area contributed by atoms with Crippen LogP contribution in [0.25, 0.3) is 0 Å². The fourth-order valence-electron chi connectivity index (χ4n) is 5.02. The van der Waals surface area contributed by atoms with E-state index >= 15 is 0 Å². The third-order valence-corrected chi connectivity index (χ3v) is 10.0. The van der Waals surface area contributed by atoms with Gasteiger partial charge in [0, 0.05) is 24.0 Å². The normalized spacial score (nSPS) is 11.9. The van der Waals surface area contributed by atoms with Crippen LogP contribution in [0.2, 0.25) is 0 Å². The Balaban J connectivity index is 1.80. The van der Waals surface area contributed by atoms with Gasteiger partial charge in [-0.05, 0) is 78.9 Å². The first-order chi connectivity index (χ1) is 21.6. The van der Waals surface area contributed by atoms with Gasteiger partial charge >= 0.3 is 0 Å². The van der Waals surface area contributed by atoms with Crippen molar-refractivity contribution in [3.63, 3.8) is 0 Å². The topological polar surface area (TPSA) is 86.8 Å². The molecule has 1 atom stereocenters. The summed E-state index contributed by atoms with van der Waals surface area (Å²) < 4.78 is 30.2. The zero-order valence-corrected chi connectivity index (χ0v) is 28.4. The fraction of sp³-hybridized carbons (Fsp3) is 0.278. The van der Waals surface area contributed by atoms with Crippen molar-refractivity contribution in [1.82, 2.24) is 10.2 Å². The number of hydrogen-bond acceptors (Lipinski definition) is 4. The summed E-state index contributed by atoms with van der Waals surface area (Å²) in [6.07, 6.45) is 1.99. The van der Waals surface area contributed by atoms with Gasteiger partial charge in [-0.15, -0.1) is 0 Å². The lowest BCUT2D eigenvalue weighted by Crippen LogP contribution is -2.53. The van der Waals surface area contributed by atoms with Gasteiger partial charge in [0.15, 0.2) is 0 Å². The maximum Gasteiger partial charge on any atom is 0.264 e. The predicted molar refractivity (Wildman–Crippen MR) is 183 cm³/mol. The molecule has 45 heavy (non-hydrogen) atoms. The molecule has 0 unspecified atom stereocenters. The SMILES string of the molecule is CCCCNC(=O)[C@@H](Cc1ccccc1)N(Cc1cccc(Br)c1)C(=O)CN(c1ccc(C)c(C)c1)S(=O)(=O)c1ccccc1. The first kappa shape index (κ1) is 33.9. The molecule has 2 amide bonds. The summed E-state index contributed by atoms with van der Waals surface area (Å²) >= 11 is 3.52. The zero-order chi connectivity index (χ0) is 32.4. The Labute approximate surface area is 275 Å². The molecule has 0 aliphatic heterocycles. The molecule has 0 saturated carbocycles. The summed E-state index contributed by atoms with van der Waals surface area (Å²) in [5.74, 6) is -0.765. The molecule has 4 aromatic carbocycles. The summed E-state index contributed by atoms with van der Waals surface area (Å²) in [6, 6.07) is 29.7. The molecule has 4 rings (SSSR count). The minimum absolute atomic E-state index is 0.0766. The van der Waals surface area contributed by atoms with E-state index in [1.807, 2.05) is 81.4 Å². The van der Waals surface area contributed by atoms with Crippen molar-refractivity contribution in [2.45, 2.75) is 57.5 Å². The quantitative estimate of drug-likeness (QED) is 0.147. The number of nitrogens with zero attached hydrogens (tertiary/aromatic N) is 2. The number of carbonyl (C=O) groups excluding carboxylic acids is 2. The lowest BCUT2D eigenvalue weighted by atomic mass is 10.0.